The number of para-hydroxylation sites is 1. The Bertz CT molecular complexity index is 797. The summed E-state index contributed by atoms with van der Waals surface area (Å²) in [6, 6.07) is 9.81. The Morgan fingerprint density at radius 3 is 2.84 bits per heavy atom. The molecule has 1 aromatic heterocycles. The number of amides is 1. The topological polar surface area (TPSA) is 36.4 Å². The van der Waals surface area contributed by atoms with Crippen molar-refractivity contribution in [2.75, 3.05) is 26.2 Å². The van der Waals surface area contributed by atoms with Crippen LogP contribution < -0.4 is 0 Å². The SMILES string of the molecule is C=CCN1CCC[C@@]12CCCN(C(=O)c1cccc3cccnc13)C2. The van der Waals surface area contributed by atoms with Crippen molar-refractivity contribution in [2.24, 2.45) is 0 Å². The van der Waals surface area contributed by atoms with Crippen molar-refractivity contribution in [3.8, 4) is 0 Å². The molecular formula is C21H25N3O. The Balaban J connectivity index is 1.63. The number of carbonyl (C=O) groups excluding carboxylic acids is 1. The van der Waals surface area contributed by atoms with Gasteiger partial charge >= 0.3 is 0 Å². The van der Waals surface area contributed by atoms with E-state index in [2.05, 4.69) is 16.5 Å². The third-order valence-corrected chi connectivity index (χ3v) is 5.80. The van der Waals surface area contributed by atoms with Crippen molar-refractivity contribution in [1.29, 1.82) is 0 Å². The maximum absolute atomic E-state index is 13.3. The van der Waals surface area contributed by atoms with Gasteiger partial charge in [-0.2, -0.15) is 0 Å². The average Bonchev–Trinajstić information content (AvgIpc) is 3.02. The van der Waals surface area contributed by atoms with Gasteiger partial charge in [-0.3, -0.25) is 14.7 Å². The minimum Gasteiger partial charge on any atom is -0.337 e. The number of aromatic nitrogens is 1. The van der Waals surface area contributed by atoms with E-state index in [1.54, 1.807) is 6.20 Å². The summed E-state index contributed by atoms with van der Waals surface area (Å²) < 4.78 is 0. The van der Waals surface area contributed by atoms with Crippen molar-refractivity contribution in [2.45, 2.75) is 31.2 Å². The molecule has 1 spiro atoms. The van der Waals surface area contributed by atoms with E-state index in [-0.39, 0.29) is 11.4 Å². The first kappa shape index (κ1) is 16.3. The number of benzene rings is 1. The minimum atomic E-state index is 0.119. The van der Waals surface area contributed by atoms with E-state index in [1.165, 1.54) is 19.3 Å². The number of nitrogens with zero attached hydrogens (tertiary/aromatic N) is 3. The summed E-state index contributed by atoms with van der Waals surface area (Å²) in [4.78, 5) is 22.3. The normalized spacial score (nSPS) is 24.1. The van der Waals surface area contributed by atoms with Gasteiger partial charge in [-0.25, -0.2) is 0 Å². The Kier molecular flexibility index (Phi) is 4.30. The number of piperidine rings is 1. The third-order valence-electron chi connectivity index (χ3n) is 5.80. The molecule has 2 fully saturated rings. The highest BCUT2D eigenvalue weighted by atomic mass is 16.2. The van der Waals surface area contributed by atoms with E-state index in [9.17, 15) is 4.79 Å². The maximum Gasteiger partial charge on any atom is 0.256 e. The predicted octanol–water partition coefficient (Wildman–Crippen LogP) is 3.49. The van der Waals surface area contributed by atoms with Gasteiger partial charge in [0, 0.05) is 36.8 Å². The zero-order valence-electron chi connectivity index (χ0n) is 14.7. The van der Waals surface area contributed by atoms with Gasteiger partial charge in [0.15, 0.2) is 0 Å². The summed E-state index contributed by atoms with van der Waals surface area (Å²) in [6.07, 6.45) is 8.39. The van der Waals surface area contributed by atoms with Crippen molar-refractivity contribution < 1.29 is 4.79 Å². The molecule has 0 bridgehead atoms. The largest absolute Gasteiger partial charge is 0.337 e. The Hall–Kier alpha value is -2.20. The summed E-state index contributed by atoms with van der Waals surface area (Å²) in [5.74, 6) is 0.119. The number of likely N-dealkylation sites (tertiary alicyclic amines) is 2. The average molecular weight is 335 g/mol. The second-order valence-corrected chi connectivity index (χ2v) is 7.27. The molecule has 3 heterocycles. The smallest absolute Gasteiger partial charge is 0.256 e. The molecule has 2 aliphatic heterocycles. The molecule has 1 aromatic carbocycles. The molecule has 0 saturated carbocycles. The van der Waals surface area contributed by atoms with Crippen LogP contribution in [0.25, 0.3) is 10.9 Å². The Labute approximate surface area is 149 Å². The predicted molar refractivity (Wildman–Crippen MR) is 101 cm³/mol. The lowest BCUT2D eigenvalue weighted by molar-refractivity contribution is 0.0368. The fourth-order valence-corrected chi connectivity index (χ4v) is 4.63. The van der Waals surface area contributed by atoms with Gasteiger partial charge in [0.05, 0.1) is 11.1 Å². The molecule has 1 atom stereocenters. The van der Waals surface area contributed by atoms with E-state index >= 15 is 0 Å². The van der Waals surface area contributed by atoms with Crippen LogP contribution in [0.15, 0.2) is 49.2 Å². The number of carbonyl (C=O) groups is 1. The zero-order valence-corrected chi connectivity index (χ0v) is 14.7. The fourth-order valence-electron chi connectivity index (χ4n) is 4.63. The van der Waals surface area contributed by atoms with Crippen LogP contribution in [0.4, 0.5) is 0 Å². The molecule has 0 radical (unpaired) electrons. The maximum atomic E-state index is 13.3. The van der Waals surface area contributed by atoms with Gasteiger partial charge in [-0.05, 0) is 44.4 Å². The molecule has 2 saturated heterocycles. The third kappa shape index (κ3) is 2.85. The lowest BCUT2D eigenvalue weighted by Gasteiger charge is -2.46. The summed E-state index contributed by atoms with van der Waals surface area (Å²) in [6.45, 7) is 7.60. The van der Waals surface area contributed by atoms with Crippen molar-refractivity contribution in [3.63, 3.8) is 0 Å². The van der Waals surface area contributed by atoms with Crippen LogP contribution in [0.1, 0.15) is 36.0 Å². The van der Waals surface area contributed by atoms with E-state index in [0.29, 0.717) is 0 Å². The highest BCUT2D eigenvalue weighted by molar-refractivity contribution is 6.05. The molecule has 130 valence electrons. The molecule has 0 aliphatic carbocycles. The number of hydrogen-bond acceptors (Lipinski definition) is 3. The van der Waals surface area contributed by atoms with Crippen LogP contribution in [-0.2, 0) is 0 Å². The first-order chi connectivity index (χ1) is 12.2. The van der Waals surface area contributed by atoms with Crippen LogP contribution in [0.2, 0.25) is 0 Å². The molecular weight excluding hydrogens is 310 g/mol. The highest BCUT2D eigenvalue weighted by Gasteiger charge is 2.44. The molecule has 2 aromatic rings. The van der Waals surface area contributed by atoms with Gasteiger partial charge < -0.3 is 4.90 Å². The summed E-state index contributed by atoms with van der Waals surface area (Å²) >= 11 is 0. The molecule has 0 N–H and O–H groups in total. The fraction of sp³-hybridized carbons (Fsp3) is 0.429. The first-order valence-corrected chi connectivity index (χ1v) is 9.22. The van der Waals surface area contributed by atoms with Crippen molar-refractivity contribution in [3.05, 3.63) is 54.7 Å². The Morgan fingerprint density at radius 1 is 1.20 bits per heavy atom. The second kappa shape index (κ2) is 6.60. The van der Waals surface area contributed by atoms with Crippen LogP contribution in [-0.4, -0.2) is 52.4 Å². The summed E-state index contributed by atoms with van der Waals surface area (Å²) in [7, 11) is 0. The molecule has 4 nitrogen and oxygen atoms in total. The first-order valence-electron chi connectivity index (χ1n) is 9.22. The quantitative estimate of drug-likeness (QED) is 0.806. The second-order valence-electron chi connectivity index (χ2n) is 7.27. The molecule has 4 rings (SSSR count). The number of hydrogen-bond donors (Lipinski definition) is 0. The number of pyridine rings is 1. The molecule has 4 heteroatoms. The lowest BCUT2D eigenvalue weighted by Crippen LogP contribution is -2.56. The van der Waals surface area contributed by atoms with E-state index < -0.39 is 0 Å². The van der Waals surface area contributed by atoms with Crippen molar-refractivity contribution in [1.82, 2.24) is 14.8 Å². The van der Waals surface area contributed by atoms with Gasteiger partial charge in [-0.1, -0.05) is 24.3 Å². The standard InChI is InChI=1S/C21H25N3O/c1-2-13-24-15-6-11-21(24)10-5-14-23(16-21)20(25)18-9-3-7-17-8-4-12-22-19(17)18/h2-4,7-9,12H,1,5-6,10-11,13-16H2/t21-/m1/s1. The van der Waals surface area contributed by atoms with E-state index in [1.807, 2.05) is 41.3 Å². The zero-order chi connectivity index (χ0) is 17.3. The molecule has 2 aliphatic rings. The van der Waals surface area contributed by atoms with Crippen LogP contribution in [0.3, 0.4) is 0 Å². The van der Waals surface area contributed by atoms with Crippen LogP contribution >= 0.6 is 0 Å². The van der Waals surface area contributed by atoms with E-state index in [0.717, 1.165) is 49.1 Å². The summed E-state index contributed by atoms with van der Waals surface area (Å²) in [5.41, 5.74) is 1.67. The monoisotopic (exact) mass is 335 g/mol. The molecule has 1 amide bonds. The lowest BCUT2D eigenvalue weighted by atomic mass is 9.86. The minimum absolute atomic E-state index is 0.119. The molecule has 25 heavy (non-hydrogen) atoms. The number of fused-ring (bicyclic) bond motifs is 1. The summed E-state index contributed by atoms with van der Waals surface area (Å²) in [5, 5.41) is 1.02. The van der Waals surface area contributed by atoms with Gasteiger partial charge in [0.1, 0.15) is 0 Å². The van der Waals surface area contributed by atoms with Gasteiger partial charge in [0.2, 0.25) is 0 Å². The van der Waals surface area contributed by atoms with Gasteiger partial charge in [0.25, 0.3) is 5.91 Å². The van der Waals surface area contributed by atoms with Crippen molar-refractivity contribution >= 4 is 16.8 Å². The van der Waals surface area contributed by atoms with Crippen LogP contribution in [0, 0.1) is 0 Å². The van der Waals surface area contributed by atoms with E-state index in [4.69, 9.17) is 0 Å². The van der Waals surface area contributed by atoms with Crippen LogP contribution in [0.5, 0.6) is 0 Å². The molecule has 0 unspecified atom stereocenters. The number of rotatable bonds is 3. The highest BCUT2D eigenvalue weighted by Crippen LogP contribution is 2.37. The Morgan fingerprint density at radius 2 is 2.00 bits per heavy atom. The van der Waals surface area contributed by atoms with Gasteiger partial charge in [-0.15, -0.1) is 6.58 Å².